The predicted molar refractivity (Wildman–Crippen MR) is 117 cm³/mol. The van der Waals surface area contributed by atoms with Crippen LogP contribution in [-0.2, 0) is 5.75 Å². The van der Waals surface area contributed by atoms with Crippen molar-refractivity contribution in [1.82, 2.24) is 14.5 Å². The van der Waals surface area contributed by atoms with Crippen molar-refractivity contribution in [2.75, 3.05) is 6.61 Å². The van der Waals surface area contributed by atoms with Gasteiger partial charge in [0.25, 0.3) is 5.56 Å². The zero-order valence-electron chi connectivity index (χ0n) is 15.7. The Hall–Kier alpha value is -2.83. The topological polar surface area (TPSA) is 57.0 Å². The monoisotopic (exact) mass is 423 g/mol. The highest BCUT2D eigenvalue weighted by molar-refractivity contribution is 7.98. The van der Waals surface area contributed by atoms with Crippen molar-refractivity contribution in [2.45, 2.75) is 17.8 Å². The molecule has 0 fully saturated rings. The van der Waals surface area contributed by atoms with Crippen molar-refractivity contribution in [1.29, 1.82) is 0 Å². The summed E-state index contributed by atoms with van der Waals surface area (Å²) in [5.41, 5.74) is 2.12. The quantitative estimate of drug-likeness (QED) is 0.318. The second-order valence-electron chi connectivity index (χ2n) is 6.25. The summed E-state index contributed by atoms with van der Waals surface area (Å²) in [5, 5.41) is 1.76. The number of nitrogens with zero attached hydrogens (tertiary/aromatic N) is 3. The molecule has 0 atom stereocenters. The third-order valence-corrected chi connectivity index (χ3v) is 5.56. The zero-order chi connectivity index (χ0) is 20.2. The van der Waals surface area contributed by atoms with Crippen LogP contribution in [0.25, 0.3) is 16.7 Å². The molecule has 2 heterocycles. The second-order valence-corrected chi connectivity index (χ2v) is 7.63. The predicted octanol–water partition coefficient (Wildman–Crippen LogP) is 5.13. The van der Waals surface area contributed by atoms with Gasteiger partial charge in [0.05, 0.1) is 17.7 Å². The summed E-state index contributed by atoms with van der Waals surface area (Å²) in [5.74, 6) is 1.41. The SMILES string of the molecule is CCOc1ccc(-n2c(SCc3ccc(Cl)cc3)nc3ncccc3c2=O)cc1. The summed E-state index contributed by atoms with van der Waals surface area (Å²) in [4.78, 5) is 22.2. The van der Waals surface area contributed by atoms with E-state index in [-0.39, 0.29) is 5.56 Å². The van der Waals surface area contributed by atoms with Gasteiger partial charge in [-0.25, -0.2) is 9.97 Å². The number of fused-ring (bicyclic) bond motifs is 1. The van der Waals surface area contributed by atoms with Crippen LogP contribution < -0.4 is 10.3 Å². The number of benzene rings is 2. The molecule has 0 aliphatic heterocycles. The molecule has 0 aliphatic rings. The highest BCUT2D eigenvalue weighted by Crippen LogP contribution is 2.25. The summed E-state index contributed by atoms with van der Waals surface area (Å²) < 4.78 is 7.14. The van der Waals surface area contributed by atoms with Crippen LogP contribution >= 0.6 is 23.4 Å². The van der Waals surface area contributed by atoms with Crippen molar-refractivity contribution in [3.05, 3.63) is 87.8 Å². The summed E-state index contributed by atoms with van der Waals surface area (Å²) in [6.45, 7) is 2.52. The molecule has 0 N–H and O–H groups in total. The molecule has 0 saturated carbocycles. The molecule has 0 aliphatic carbocycles. The van der Waals surface area contributed by atoms with E-state index in [1.807, 2.05) is 55.5 Å². The molecule has 4 rings (SSSR count). The lowest BCUT2D eigenvalue weighted by atomic mass is 10.2. The van der Waals surface area contributed by atoms with E-state index in [4.69, 9.17) is 16.3 Å². The van der Waals surface area contributed by atoms with Crippen molar-refractivity contribution in [3.63, 3.8) is 0 Å². The van der Waals surface area contributed by atoms with Gasteiger partial charge in [-0.1, -0.05) is 35.5 Å². The minimum absolute atomic E-state index is 0.147. The first-order valence-electron chi connectivity index (χ1n) is 9.14. The molecule has 146 valence electrons. The largest absolute Gasteiger partial charge is 0.494 e. The van der Waals surface area contributed by atoms with Gasteiger partial charge in [0, 0.05) is 17.0 Å². The lowest BCUT2D eigenvalue weighted by molar-refractivity contribution is 0.340. The van der Waals surface area contributed by atoms with Crippen LogP contribution in [0.15, 0.2) is 76.8 Å². The van der Waals surface area contributed by atoms with Gasteiger partial charge in [-0.15, -0.1) is 0 Å². The summed E-state index contributed by atoms with van der Waals surface area (Å²) >= 11 is 7.45. The first kappa shape index (κ1) is 19.5. The maximum atomic E-state index is 13.2. The molecule has 0 bridgehead atoms. The van der Waals surface area contributed by atoms with E-state index >= 15 is 0 Å². The molecular weight excluding hydrogens is 406 g/mol. The Morgan fingerprint density at radius 2 is 1.83 bits per heavy atom. The Morgan fingerprint density at radius 3 is 2.55 bits per heavy atom. The van der Waals surface area contributed by atoms with Crippen LogP contribution in [-0.4, -0.2) is 21.1 Å². The van der Waals surface area contributed by atoms with Crippen molar-refractivity contribution >= 4 is 34.4 Å². The number of thioether (sulfide) groups is 1. The van der Waals surface area contributed by atoms with Gasteiger partial charge in [0.2, 0.25) is 0 Å². The number of hydrogen-bond donors (Lipinski definition) is 0. The lowest BCUT2D eigenvalue weighted by Crippen LogP contribution is -2.22. The molecule has 2 aromatic heterocycles. The number of aromatic nitrogens is 3. The van der Waals surface area contributed by atoms with Crippen LogP contribution in [0, 0.1) is 0 Å². The minimum atomic E-state index is -0.147. The Kier molecular flexibility index (Phi) is 5.83. The van der Waals surface area contributed by atoms with Crippen molar-refractivity contribution in [3.8, 4) is 11.4 Å². The summed E-state index contributed by atoms with van der Waals surface area (Å²) in [6, 6.07) is 18.6. The third-order valence-electron chi connectivity index (χ3n) is 4.30. The molecule has 0 radical (unpaired) electrons. The third kappa shape index (κ3) is 4.28. The Labute approximate surface area is 177 Å². The Morgan fingerprint density at radius 1 is 1.07 bits per heavy atom. The molecule has 0 amide bonds. The van der Waals surface area contributed by atoms with Crippen LogP contribution in [0.3, 0.4) is 0 Å². The highest BCUT2D eigenvalue weighted by Gasteiger charge is 2.14. The smallest absolute Gasteiger partial charge is 0.268 e. The average Bonchev–Trinajstić information content (AvgIpc) is 2.75. The second kappa shape index (κ2) is 8.68. The van der Waals surface area contributed by atoms with E-state index in [0.29, 0.717) is 33.6 Å². The van der Waals surface area contributed by atoms with Gasteiger partial charge in [0.1, 0.15) is 5.75 Å². The fourth-order valence-corrected chi connectivity index (χ4v) is 3.99. The normalized spacial score (nSPS) is 11.0. The van der Waals surface area contributed by atoms with Gasteiger partial charge in [-0.2, -0.15) is 0 Å². The molecule has 5 nitrogen and oxygen atoms in total. The Balaban J connectivity index is 1.77. The fraction of sp³-hybridized carbons (Fsp3) is 0.136. The van der Waals surface area contributed by atoms with Gasteiger partial charge >= 0.3 is 0 Å². The van der Waals surface area contributed by atoms with E-state index < -0.39 is 0 Å². The first-order chi connectivity index (χ1) is 14.2. The van der Waals surface area contributed by atoms with E-state index in [0.717, 1.165) is 17.0 Å². The van der Waals surface area contributed by atoms with E-state index in [2.05, 4.69) is 9.97 Å². The van der Waals surface area contributed by atoms with Gasteiger partial charge in [0.15, 0.2) is 10.8 Å². The molecule has 0 spiro atoms. The fourth-order valence-electron chi connectivity index (χ4n) is 2.91. The molecule has 0 unspecified atom stereocenters. The lowest BCUT2D eigenvalue weighted by Gasteiger charge is -2.13. The maximum absolute atomic E-state index is 13.2. The maximum Gasteiger partial charge on any atom is 0.268 e. The molecule has 29 heavy (non-hydrogen) atoms. The Bertz CT molecular complexity index is 1190. The first-order valence-corrected chi connectivity index (χ1v) is 10.5. The van der Waals surface area contributed by atoms with Crippen molar-refractivity contribution in [2.24, 2.45) is 0 Å². The van der Waals surface area contributed by atoms with Gasteiger partial charge in [-0.05, 0) is 61.0 Å². The van der Waals surface area contributed by atoms with Crippen LogP contribution in [0.4, 0.5) is 0 Å². The molecule has 2 aromatic carbocycles. The van der Waals surface area contributed by atoms with Crippen LogP contribution in [0.2, 0.25) is 5.02 Å². The standard InChI is InChI=1S/C22H18ClN3O2S/c1-2-28-18-11-9-17(10-12-18)26-21(27)19-4-3-13-24-20(19)25-22(26)29-14-15-5-7-16(23)8-6-15/h3-13H,2,14H2,1H3. The summed E-state index contributed by atoms with van der Waals surface area (Å²) in [7, 11) is 0. The van der Waals surface area contributed by atoms with Crippen molar-refractivity contribution < 1.29 is 4.74 Å². The molecule has 4 aromatic rings. The number of pyridine rings is 1. The van der Waals surface area contributed by atoms with E-state index in [9.17, 15) is 4.79 Å². The zero-order valence-corrected chi connectivity index (χ0v) is 17.3. The minimum Gasteiger partial charge on any atom is -0.494 e. The molecule has 0 saturated heterocycles. The summed E-state index contributed by atoms with van der Waals surface area (Å²) in [6.07, 6.45) is 1.64. The van der Waals surface area contributed by atoms with Crippen LogP contribution in [0.5, 0.6) is 5.75 Å². The van der Waals surface area contributed by atoms with Gasteiger partial charge < -0.3 is 4.74 Å². The highest BCUT2D eigenvalue weighted by atomic mass is 35.5. The number of rotatable bonds is 6. The van der Waals surface area contributed by atoms with E-state index in [1.54, 1.807) is 22.9 Å². The van der Waals surface area contributed by atoms with Gasteiger partial charge in [-0.3, -0.25) is 9.36 Å². The van der Waals surface area contributed by atoms with E-state index in [1.165, 1.54) is 11.8 Å². The average molecular weight is 424 g/mol. The number of ether oxygens (including phenoxy) is 1. The molecular formula is C22H18ClN3O2S. The number of hydrogen-bond acceptors (Lipinski definition) is 5. The number of halogens is 1. The van der Waals surface area contributed by atoms with Crippen LogP contribution in [0.1, 0.15) is 12.5 Å². The molecule has 7 heteroatoms.